The number of amides is 1. The van der Waals surface area contributed by atoms with Crippen molar-refractivity contribution in [1.29, 1.82) is 0 Å². The number of carbonyl (C=O) groups is 1. The summed E-state index contributed by atoms with van der Waals surface area (Å²) in [4.78, 5) is 30.7. The highest BCUT2D eigenvalue weighted by atomic mass is 16.3. The molecule has 0 fully saturated rings. The largest absolute Gasteiger partial charge is 0.459 e. The number of carbonyl (C=O) groups excluding carboxylic acids is 1. The average molecular weight is 373 g/mol. The Kier molecular flexibility index (Phi) is 4.53. The molecular weight excluding hydrogens is 354 g/mol. The van der Waals surface area contributed by atoms with Gasteiger partial charge >= 0.3 is 0 Å². The van der Waals surface area contributed by atoms with Crippen LogP contribution in [0.3, 0.4) is 0 Å². The first-order valence-corrected chi connectivity index (χ1v) is 8.94. The van der Waals surface area contributed by atoms with Crippen molar-refractivity contribution in [1.82, 2.24) is 15.3 Å². The van der Waals surface area contributed by atoms with Crippen molar-refractivity contribution in [2.24, 2.45) is 0 Å². The first kappa shape index (κ1) is 17.7. The van der Waals surface area contributed by atoms with Crippen LogP contribution in [0.2, 0.25) is 0 Å². The van der Waals surface area contributed by atoms with Gasteiger partial charge in [0.25, 0.3) is 0 Å². The molecule has 4 aromatic rings. The highest BCUT2D eigenvalue weighted by molar-refractivity contribution is 5.97. The predicted octanol–water partition coefficient (Wildman–Crippen LogP) is 3.70. The Bertz CT molecular complexity index is 1280. The summed E-state index contributed by atoms with van der Waals surface area (Å²) in [5.74, 6) is 0.570. The standard InChI is InChI=1S/C22H19N3O3/c1-13(9-15-10-16-7-8-20(26)25-21(16)23-11-15)22(27)24-12-19-14(2)17-5-3-4-6-18(17)28-19/h3-11H,12H2,1-2H3,(H,24,27)(H,23,25,26)/b13-9+. The molecule has 0 atom stereocenters. The Morgan fingerprint density at radius 1 is 1.25 bits per heavy atom. The van der Waals surface area contributed by atoms with Crippen LogP contribution in [-0.2, 0) is 11.3 Å². The second-order valence-corrected chi connectivity index (χ2v) is 6.69. The lowest BCUT2D eigenvalue weighted by atomic mass is 10.1. The van der Waals surface area contributed by atoms with E-state index in [1.165, 1.54) is 6.07 Å². The molecule has 4 rings (SSSR count). The number of rotatable bonds is 4. The highest BCUT2D eigenvalue weighted by Gasteiger charge is 2.12. The minimum atomic E-state index is -0.195. The van der Waals surface area contributed by atoms with Gasteiger partial charge in [0.15, 0.2) is 0 Å². The minimum Gasteiger partial charge on any atom is -0.459 e. The van der Waals surface area contributed by atoms with Gasteiger partial charge in [0.05, 0.1) is 6.54 Å². The van der Waals surface area contributed by atoms with Crippen molar-refractivity contribution >= 4 is 34.0 Å². The zero-order valence-electron chi connectivity index (χ0n) is 15.6. The zero-order valence-corrected chi connectivity index (χ0v) is 15.6. The fourth-order valence-electron chi connectivity index (χ4n) is 3.14. The van der Waals surface area contributed by atoms with Crippen LogP contribution >= 0.6 is 0 Å². The number of aryl methyl sites for hydroxylation is 1. The SMILES string of the molecule is C/C(=C\c1cnc2[nH]c(=O)ccc2c1)C(=O)NCc1oc2ccccc2c1C. The number of benzene rings is 1. The summed E-state index contributed by atoms with van der Waals surface area (Å²) in [6.07, 6.45) is 3.39. The van der Waals surface area contributed by atoms with Crippen LogP contribution in [0.4, 0.5) is 0 Å². The third kappa shape index (κ3) is 3.44. The molecule has 28 heavy (non-hydrogen) atoms. The van der Waals surface area contributed by atoms with Gasteiger partial charge in [-0.2, -0.15) is 0 Å². The monoisotopic (exact) mass is 373 g/mol. The normalized spacial score (nSPS) is 11.9. The number of hydrogen-bond acceptors (Lipinski definition) is 4. The summed E-state index contributed by atoms with van der Waals surface area (Å²) >= 11 is 0. The van der Waals surface area contributed by atoms with E-state index in [-0.39, 0.29) is 11.5 Å². The second-order valence-electron chi connectivity index (χ2n) is 6.69. The lowest BCUT2D eigenvalue weighted by molar-refractivity contribution is -0.117. The molecule has 3 heterocycles. The van der Waals surface area contributed by atoms with Crippen LogP contribution in [0.5, 0.6) is 0 Å². The number of hydrogen-bond donors (Lipinski definition) is 2. The van der Waals surface area contributed by atoms with Gasteiger partial charge in [-0.15, -0.1) is 0 Å². The molecule has 0 aliphatic rings. The maximum atomic E-state index is 12.5. The van der Waals surface area contributed by atoms with Gasteiger partial charge in [0.1, 0.15) is 17.0 Å². The molecule has 0 radical (unpaired) electrons. The van der Waals surface area contributed by atoms with Gasteiger partial charge in [0, 0.05) is 34.2 Å². The van der Waals surface area contributed by atoms with Crippen molar-refractivity contribution in [3.63, 3.8) is 0 Å². The van der Waals surface area contributed by atoms with Crippen molar-refractivity contribution < 1.29 is 9.21 Å². The van der Waals surface area contributed by atoms with E-state index >= 15 is 0 Å². The summed E-state index contributed by atoms with van der Waals surface area (Å²) in [6.45, 7) is 4.06. The van der Waals surface area contributed by atoms with E-state index in [9.17, 15) is 9.59 Å². The molecule has 3 aromatic heterocycles. The Labute approximate surface area is 160 Å². The van der Waals surface area contributed by atoms with Gasteiger partial charge < -0.3 is 14.7 Å². The van der Waals surface area contributed by atoms with Crippen LogP contribution in [0.15, 0.2) is 63.4 Å². The van der Waals surface area contributed by atoms with Crippen molar-refractivity contribution in [2.75, 3.05) is 0 Å². The maximum absolute atomic E-state index is 12.5. The Morgan fingerprint density at radius 2 is 2.07 bits per heavy atom. The zero-order chi connectivity index (χ0) is 19.7. The molecule has 1 amide bonds. The van der Waals surface area contributed by atoms with E-state index < -0.39 is 0 Å². The molecular formula is C22H19N3O3. The molecule has 0 saturated carbocycles. The van der Waals surface area contributed by atoms with Gasteiger partial charge in [-0.25, -0.2) is 4.98 Å². The maximum Gasteiger partial charge on any atom is 0.249 e. The predicted molar refractivity (Wildman–Crippen MR) is 109 cm³/mol. The quantitative estimate of drug-likeness (QED) is 0.534. The molecule has 140 valence electrons. The van der Waals surface area contributed by atoms with Crippen LogP contribution in [0, 0.1) is 6.92 Å². The fourth-order valence-corrected chi connectivity index (χ4v) is 3.14. The van der Waals surface area contributed by atoms with E-state index in [1.807, 2.05) is 37.3 Å². The molecule has 2 N–H and O–H groups in total. The van der Waals surface area contributed by atoms with Crippen LogP contribution in [0.25, 0.3) is 28.1 Å². The minimum absolute atomic E-state index is 0.179. The summed E-state index contributed by atoms with van der Waals surface area (Å²) in [5, 5.41) is 4.76. The summed E-state index contributed by atoms with van der Waals surface area (Å²) in [7, 11) is 0. The molecule has 0 saturated heterocycles. The molecule has 0 aliphatic heterocycles. The van der Waals surface area contributed by atoms with Gasteiger partial charge in [-0.05, 0) is 43.7 Å². The van der Waals surface area contributed by atoms with Crippen molar-refractivity contribution in [3.8, 4) is 0 Å². The van der Waals surface area contributed by atoms with E-state index in [1.54, 1.807) is 25.3 Å². The number of aromatic nitrogens is 2. The first-order chi connectivity index (χ1) is 13.5. The lowest BCUT2D eigenvalue weighted by Gasteiger charge is -2.05. The van der Waals surface area contributed by atoms with E-state index in [2.05, 4.69) is 15.3 Å². The van der Waals surface area contributed by atoms with Gasteiger partial charge in [-0.3, -0.25) is 9.59 Å². The Balaban J connectivity index is 1.50. The molecule has 0 spiro atoms. The lowest BCUT2D eigenvalue weighted by Crippen LogP contribution is -2.23. The van der Waals surface area contributed by atoms with Gasteiger partial charge in [0.2, 0.25) is 11.5 Å². The number of pyridine rings is 2. The number of aromatic amines is 1. The molecule has 1 aromatic carbocycles. The Hall–Kier alpha value is -3.67. The molecule has 0 aliphatic carbocycles. The number of fused-ring (bicyclic) bond motifs is 2. The summed E-state index contributed by atoms with van der Waals surface area (Å²) in [5.41, 5.74) is 3.51. The van der Waals surface area contributed by atoms with Crippen molar-refractivity contribution in [2.45, 2.75) is 20.4 Å². The van der Waals surface area contributed by atoms with E-state index in [4.69, 9.17) is 4.42 Å². The molecule has 0 bridgehead atoms. The third-order valence-corrected chi connectivity index (χ3v) is 4.69. The van der Waals surface area contributed by atoms with E-state index in [0.717, 1.165) is 33.2 Å². The first-order valence-electron chi connectivity index (χ1n) is 8.94. The number of furan rings is 1. The number of para-hydroxylation sites is 1. The molecule has 0 unspecified atom stereocenters. The smallest absolute Gasteiger partial charge is 0.249 e. The fraction of sp³-hybridized carbons (Fsp3) is 0.136. The van der Waals surface area contributed by atoms with Crippen LogP contribution in [-0.4, -0.2) is 15.9 Å². The second kappa shape index (κ2) is 7.15. The average Bonchev–Trinajstić information content (AvgIpc) is 3.02. The van der Waals surface area contributed by atoms with E-state index in [0.29, 0.717) is 17.8 Å². The summed E-state index contributed by atoms with van der Waals surface area (Å²) in [6, 6.07) is 12.8. The number of H-pyrrole nitrogens is 1. The van der Waals surface area contributed by atoms with Crippen LogP contribution < -0.4 is 10.9 Å². The van der Waals surface area contributed by atoms with Gasteiger partial charge in [-0.1, -0.05) is 18.2 Å². The topological polar surface area (TPSA) is 88.0 Å². The summed E-state index contributed by atoms with van der Waals surface area (Å²) < 4.78 is 5.83. The van der Waals surface area contributed by atoms with Crippen LogP contribution in [0.1, 0.15) is 23.8 Å². The van der Waals surface area contributed by atoms with Crippen molar-refractivity contribution in [3.05, 3.63) is 81.5 Å². The molecule has 6 nitrogen and oxygen atoms in total. The molecule has 6 heteroatoms. The Morgan fingerprint density at radius 3 is 2.89 bits per heavy atom. The number of nitrogens with zero attached hydrogens (tertiary/aromatic N) is 1. The highest BCUT2D eigenvalue weighted by Crippen LogP contribution is 2.24. The third-order valence-electron chi connectivity index (χ3n) is 4.69. The number of nitrogens with one attached hydrogen (secondary N) is 2.